The second-order valence-corrected chi connectivity index (χ2v) is 8.05. The number of aliphatic hydroxyl groups excluding tert-OH is 1. The SMILES string of the molecule is CCC(CC)C1C(=C(O)c2ccc(OC)nc2)C(=O)C(=O)N1c1ccc(C2=NOCC2)cc1. The zero-order valence-electron chi connectivity index (χ0n) is 18.9. The number of nitrogens with zero attached hydrogens (tertiary/aromatic N) is 3. The van der Waals surface area contributed by atoms with Gasteiger partial charge in [-0.05, 0) is 29.7 Å². The number of aliphatic hydroxyl groups is 1. The number of methoxy groups -OCH3 is 1. The van der Waals surface area contributed by atoms with E-state index in [0.717, 1.165) is 30.5 Å². The predicted molar refractivity (Wildman–Crippen MR) is 124 cm³/mol. The van der Waals surface area contributed by atoms with Gasteiger partial charge < -0.3 is 14.7 Å². The number of rotatable bonds is 7. The van der Waals surface area contributed by atoms with Crippen LogP contribution in [-0.2, 0) is 14.4 Å². The molecular formula is C25H27N3O5. The molecule has 4 rings (SSSR count). The highest BCUT2D eigenvalue weighted by atomic mass is 16.6. The molecule has 1 saturated heterocycles. The number of amides is 1. The van der Waals surface area contributed by atoms with Gasteiger partial charge in [0.05, 0.1) is 24.4 Å². The first kappa shape index (κ1) is 22.5. The van der Waals surface area contributed by atoms with Crippen LogP contribution in [0.5, 0.6) is 5.88 Å². The van der Waals surface area contributed by atoms with E-state index < -0.39 is 17.7 Å². The van der Waals surface area contributed by atoms with Gasteiger partial charge in [0.25, 0.3) is 11.7 Å². The van der Waals surface area contributed by atoms with Crippen LogP contribution in [0.3, 0.4) is 0 Å². The molecule has 0 aliphatic carbocycles. The summed E-state index contributed by atoms with van der Waals surface area (Å²) in [5.74, 6) is -1.20. The average molecular weight is 450 g/mol. The summed E-state index contributed by atoms with van der Waals surface area (Å²) in [6, 6.07) is 10.0. The number of ketones is 1. The lowest BCUT2D eigenvalue weighted by atomic mass is 9.87. The first-order chi connectivity index (χ1) is 16.0. The maximum atomic E-state index is 13.2. The zero-order valence-corrected chi connectivity index (χ0v) is 18.9. The molecular weight excluding hydrogens is 422 g/mol. The van der Waals surface area contributed by atoms with Gasteiger partial charge in [0.15, 0.2) is 0 Å². The molecule has 2 aromatic rings. The van der Waals surface area contributed by atoms with Crippen molar-refractivity contribution in [2.24, 2.45) is 11.1 Å². The molecule has 8 nitrogen and oxygen atoms in total. The van der Waals surface area contributed by atoms with Gasteiger partial charge in [0.1, 0.15) is 12.4 Å². The number of carbonyl (C=O) groups excluding carboxylic acids is 2. The third-order valence-electron chi connectivity index (χ3n) is 6.28. The second-order valence-electron chi connectivity index (χ2n) is 8.05. The molecule has 2 aliphatic rings. The molecule has 2 aliphatic heterocycles. The number of hydrogen-bond donors (Lipinski definition) is 1. The molecule has 1 fully saturated rings. The fourth-order valence-electron chi connectivity index (χ4n) is 4.44. The minimum atomic E-state index is -0.696. The molecule has 1 aromatic carbocycles. The van der Waals surface area contributed by atoms with E-state index in [1.165, 1.54) is 18.2 Å². The Labute approximate surface area is 192 Å². The summed E-state index contributed by atoms with van der Waals surface area (Å²) in [7, 11) is 1.50. The van der Waals surface area contributed by atoms with Crippen LogP contribution in [-0.4, -0.2) is 47.3 Å². The normalized spacial score (nSPS) is 19.7. The first-order valence-corrected chi connectivity index (χ1v) is 11.1. The largest absolute Gasteiger partial charge is 0.507 e. The highest BCUT2D eigenvalue weighted by Gasteiger charge is 2.48. The van der Waals surface area contributed by atoms with Crippen LogP contribution in [0.15, 0.2) is 53.3 Å². The molecule has 1 amide bonds. The quantitative estimate of drug-likeness (QED) is 0.391. The summed E-state index contributed by atoms with van der Waals surface area (Å²) in [5, 5.41) is 15.1. The summed E-state index contributed by atoms with van der Waals surface area (Å²) in [5.41, 5.74) is 2.84. The van der Waals surface area contributed by atoms with E-state index in [9.17, 15) is 14.7 Å². The minimum absolute atomic E-state index is 0.0176. The van der Waals surface area contributed by atoms with Crippen LogP contribution < -0.4 is 9.64 Å². The summed E-state index contributed by atoms with van der Waals surface area (Å²) < 4.78 is 5.07. The smallest absolute Gasteiger partial charge is 0.299 e. The molecule has 1 atom stereocenters. The second kappa shape index (κ2) is 9.44. The fraction of sp³-hybridized carbons (Fsp3) is 0.360. The molecule has 8 heteroatoms. The van der Waals surface area contributed by atoms with Crippen molar-refractivity contribution in [2.45, 2.75) is 39.2 Å². The molecule has 172 valence electrons. The number of hydrogen-bond acceptors (Lipinski definition) is 7. The molecule has 3 heterocycles. The lowest BCUT2D eigenvalue weighted by Gasteiger charge is -2.31. The maximum absolute atomic E-state index is 13.2. The molecule has 1 aromatic heterocycles. The van der Waals surface area contributed by atoms with E-state index in [-0.39, 0.29) is 17.3 Å². The van der Waals surface area contributed by atoms with Crippen molar-refractivity contribution < 1.29 is 24.3 Å². The monoisotopic (exact) mass is 449 g/mol. The fourth-order valence-corrected chi connectivity index (χ4v) is 4.44. The zero-order chi connectivity index (χ0) is 23.5. The van der Waals surface area contributed by atoms with Crippen LogP contribution in [0.2, 0.25) is 0 Å². The van der Waals surface area contributed by atoms with Gasteiger partial charge in [0, 0.05) is 29.9 Å². The number of benzene rings is 1. The van der Waals surface area contributed by atoms with Crippen LogP contribution in [0.1, 0.15) is 44.2 Å². The van der Waals surface area contributed by atoms with Crippen molar-refractivity contribution in [1.82, 2.24) is 4.98 Å². The van der Waals surface area contributed by atoms with E-state index in [1.54, 1.807) is 12.1 Å². The number of ether oxygens (including phenoxy) is 1. The highest BCUT2D eigenvalue weighted by molar-refractivity contribution is 6.51. The van der Waals surface area contributed by atoms with E-state index in [0.29, 0.717) is 23.7 Å². The standard InChI is InChI=1S/C25H27N3O5/c1-4-15(5-2)22-21(23(29)17-8-11-20(32-3)26-14-17)24(30)25(31)28(22)18-9-6-16(7-10-18)19-12-13-33-27-19/h6-11,14-15,22,29H,4-5,12-13H2,1-3H3. The van der Waals surface area contributed by atoms with Crippen molar-refractivity contribution in [3.8, 4) is 5.88 Å². The molecule has 33 heavy (non-hydrogen) atoms. The topological polar surface area (TPSA) is 101 Å². The maximum Gasteiger partial charge on any atom is 0.299 e. The Morgan fingerprint density at radius 3 is 2.45 bits per heavy atom. The Hall–Kier alpha value is -3.68. The van der Waals surface area contributed by atoms with E-state index in [4.69, 9.17) is 9.57 Å². The van der Waals surface area contributed by atoms with Gasteiger partial charge in [-0.3, -0.25) is 14.5 Å². The van der Waals surface area contributed by atoms with Crippen molar-refractivity contribution in [3.63, 3.8) is 0 Å². The van der Waals surface area contributed by atoms with Gasteiger partial charge in [-0.15, -0.1) is 0 Å². The van der Waals surface area contributed by atoms with Crippen molar-refractivity contribution >= 4 is 28.8 Å². The molecule has 0 radical (unpaired) electrons. The number of oxime groups is 1. The van der Waals surface area contributed by atoms with Crippen molar-refractivity contribution in [2.75, 3.05) is 18.6 Å². The van der Waals surface area contributed by atoms with E-state index in [1.807, 2.05) is 38.1 Å². The van der Waals surface area contributed by atoms with Crippen molar-refractivity contribution in [3.05, 3.63) is 59.3 Å². The number of carbonyl (C=O) groups is 2. The molecule has 1 unspecified atom stereocenters. The first-order valence-electron chi connectivity index (χ1n) is 11.1. The van der Waals surface area contributed by atoms with Crippen LogP contribution in [0, 0.1) is 5.92 Å². The molecule has 0 bridgehead atoms. The lowest BCUT2D eigenvalue weighted by Crippen LogP contribution is -2.39. The Kier molecular flexibility index (Phi) is 6.44. The number of Topliss-reactive ketones (excluding diaryl/α,β-unsaturated/α-hetero) is 1. The number of pyridine rings is 1. The minimum Gasteiger partial charge on any atom is -0.507 e. The third kappa shape index (κ3) is 4.08. The summed E-state index contributed by atoms with van der Waals surface area (Å²) >= 11 is 0. The van der Waals surface area contributed by atoms with E-state index in [2.05, 4.69) is 10.1 Å². The number of aromatic nitrogens is 1. The average Bonchev–Trinajstić information content (AvgIpc) is 3.47. The van der Waals surface area contributed by atoms with Gasteiger partial charge in [0.2, 0.25) is 5.88 Å². The Balaban J connectivity index is 1.78. The molecule has 0 saturated carbocycles. The van der Waals surface area contributed by atoms with Gasteiger partial charge >= 0.3 is 0 Å². The lowest BCUT2D eigenvalue weighted by molar-refractivity contribution is -0.132. The predicted octanol–water partition coefficient (Wildman–Crippen LogP) is 3.90. The van der Waals surface area contributed by atoms with Crippen LogP contribution in [0.4, 0.5) is 5.69 Å². The van der Waals surface area contributed by atoms with Crippen molar-refractivity contribution in [1.29, 1.82) is 0 Å². The molecule has 1 N–H and O–H groups in total. The Morgan fingerprint density at radius 1 is 1.18 bits per heavy atom. The Bertz CT molecular complexity index is 1100. The Morgan fingerprint density at radius 2 is 1.91 bits per heavy atom. The van der Waals surface area contributed by atoms with Gasteiger partial charge in [-0.25, -0.2) is 4.98 Å². The van der Waals surface area contributed by atoms with E-state index >= 15 is 0 Å². The van der Waals surface area contributed by atoms with Gasteiger partial charge in [-0.2, -0.15) is 0 Å². The van der Waals surface area contributed by atoms with Crippen LogP contribution in [0.25, 0.3) is 5.76 Å². The number of anilines is 1. The van der Waals surface area contributed by atoms with Crippen LogP contribution >= 0.6 is 0 Å². The van der Waals surface area contributed by atoms with Gasteiger partial charge in [-0.1, -0.05) is 44.0 Å². The summed E-state index contributed by atoms with van der Waals surface area (Å²) in [4.78, 5) is 37.1. The third-order valence-corrected chi connectivity index (χ3v) is 6.28. The molecule has 0 spiro atoms. The highest BCUT2D eigenvalue weighted by Crippen LogP contribution is 2.38. The summed E-state index contributed by atoms with van der Waals surface area (Å²) in [6.07, 6.45) is 3.64. The summed E-state index contributed by atoms with van der Waals surface area (Å²) in [6.45, 7) is 4.59.